The number of hydrogen-bond acceptors (Lipinski definition) is 8. The van der Waals surface area contributed by atoms with Crippen LogP contribution in [0.3, 0.4) is 0 Å². The van der Waals surface area contributed by atoms with Crippen molar-refractivity contribution in [1.82, 2.24) is 20.6 Å². The molecule has 0 aliphatic heterocycles. The smallest absolute Gasteiger partial charge is 0.326 e. The van der Waals surface area contributed by atoms with E-state index in [1.54, 1.807) is 12.1 Å². The first-order chi connectivity index (χ1) is 17.0. The van der Waals surface area contributed by atoms with Gasteiger partial charge in [-0.1, -0.05) is 27.7 Å². The second kappa shape index (κ2) is 13.8. The van der Waals surface area contributed by atoms with Crippen molar-refractivity contribution in [3.05, 3.63) is 47.8 Å². The third-order valence-corrected chi connectivity index (χ3v) is 7.10. The number of carboxylic acids is 2. The highest BCUT2D eigenvalue weighted by atomic mass is 33.1. The summed E-state index contributed by atoms with van der Waals surface area (Å²) in [4.78, 5) is 57.3. The average molecular weight is 535 g/mol. The van der Waals surface area contributed by atoms with E-state index in [4.69, 9.17) is 0 Å². The van der Waals surface area contributed by atoms with Crippen LogP contribution >= 0.6 is 21.6 Å². The fourth-order valence-electron chi connectivity index (χ4n) is 3.20. The van der Waals surface area contributed by atoms with Crippen LogP contribution < -0.4 is 10.6 Å². The first kappa shape index (κ1) is 29.1. The number of carboxylic acid groups (broad SMARTS) is 2. The average Bonchev–Trinajstić information content (AvgIpc) is 2.81. The van der Waals surface area contributed by atoms with Crippen molar-refractivity contribution >= 4 is 45.3 Å². The maximum Gasteiger partial charge on any atom is 0.326 e. The third-order valence-electron chi connectivity index (χ3n) is 4.85. The van der Waals surface area contributed by atoms with Crippen molar-refractivity contribution in [3.63, 3.8) is 0 Å². The highest BCUT2D eigenvalue weighted by Gasteiger charge is 2.25. The Morgan fingerprint density at radius 2 is 1.11 bits per heavy atom. The van der Waals surface area contributed by atoms with Gasteiger partial charge in [-0.3, -0.25) is 9.59 Å². The summed E-state index contributed by atoms with van der Waals surface area (Å²) in [6.45, 7) is 7.47. The fraction of sp³-hybridized carbons (Fsp3) is 0.417. The topological polar surface area (TPSA) is 159 Å². The molecule has 12 heteroatoms. The monoisotopic (exact) mass is 534 g/mol. The molecule has 0 aliphatic carbocycles. The van der Waals surface area contributed by atoms with E-state index in [0.717, 1.165) is 21.6 Å². The van der Waals surface area contributed by atoms with Gasteiger partial charge in [0.1, 0.15) is 22.1 Å². The second-order valence-electron chi connectivity index (χ2n) is 8.87. The van der Waals surface area contributed by atoms with Crippen molar-refractivity contribution in [1.29, 1.82) is 0 Å². The molecule has 2 amide bonds. The highest BCUT2D eigenvalue weighted by molar-refractivity contribution is 8.76. The van der Waals surface area contributed by atoms with Crippen LogP contribution in [0.4, 0.5) is 0 Å². The largest absolute Gasteiger partial charge is 0.480 e. The van der Waals surface area contributed by atoms with Crippen molar-refractivity contribution in [3.8, 4) is 0 Å². The van der Waals surface area contributed by atoms with Crippen LogP contribution in [0.5, 0.6) is 0 Å². The summed E-state index contributed by atoms with van der Waals surface area (Å²) in [7, 11) is 2.17. The number of hydrogen-bond donors (Lipinski definition) is 4. The van der Waals surface area contributed by atoms with Crippen LogP contribution in [0.2, 0.25) is 0 Å². The van der Waals surface area contributed by atoms with Crippen molar-refractivity contribution < 1.29 is 29.4 Å². The quantitative estimate of drug-likeness (QED) is 0.279. The van der Waals surface area contributed by atoms with Crippen molar-refractivity contribution in [2.45, 2.75) is 62.7 Å². The molecule has 2 atom stereocenters. The minimum absolute atomic E-state index is 0.0692. The maximum absolute atomic E-state index is 12.8. The summed E-state index contributed by atoms with van der Waals surface area (Å²) in [6, 6.07) is 4.14. The first-order valence-corrected chi connectivity index (χ1v) is 13.5. The molecule has 194 valence electrons. The van der Waals surface area contributed by atoms with E-state index in [1.165, 1.54) is 24.5 Å². The lowest BCUT2D eigenvalue weighted by molar-refractivity contribution is -0.140. The van der Waals surface area contributed by atoms with E-state index in [0.29, 0.717) is 10.1 Å². The molecule has 10 nitrogen and oxygen atoms in total. The molecule has 2 unspecified atom stereocenters. The predicted octanol–water partition coefficient (Wildman–Crippen LogP) is 3.73. The number of amides is 2. The molecule has 0 saturated carbocycles. The summed E-state index contributed by atoms with van der Waals surface area (Å²) in [5.74, 6) is -3.25. The molecule has 0 fully saturated rings. The molecule has 0 saturated heterocycles. The van der Waals surface area contributed by atoms with Gasteiger partial charge in [0, 0.05) is 12.4 Å². The Kier molecular flexibility index (Phi) is 11.2. The van der Waals surface area contributed by atoms with Gasteiger partial charge in [0.05, 0.1) is 11.1 Å². The predicted molar refractivity (Wildman–Crippen MR) is 137 cm³/mol. The molecule has 0 aromatic carbocycles. The van der Waals surface area contributed by atoms with E-state index >= 15 is 0 Å². The van der Waals surface area contributed by atoms with E-state index in [9.17, 15) is 29.4 Å². The van der Waals surface area contributed by atoms with E-state index in [-0.39, 0.29) is 35.8 Å². The summed E-state index contributed by atoms with van der Waals surface area (Å²) in [6.07, 6.45) is 3.55. The minimum Gasteiger partial charge on any atom is -0.480 e. The first-order valence-electron chi connectivity index (χ1n) is 11.3. The SMILES string of the molecule is CC(C)CC(NC(=O)c1cccnc1SSc1ncccc1C(=O)NC(CC(C)C)C(=O)O)C(=O)O. The molecule has 2 aromatic heterocycles. The van der Waals surface area contributed by atoms with Crippen molar-refractivity contribution in [2.75, 3.05) is 0 Å². The molecule has 2 aromatic rings. The Morgan fingerprint density at radius 3 is 1.42 bits per heavy atom. The standard InChI is InChI=1S/C24H30N4O6S2/c1-13(2)11-17(23(31)32)27-19(29)15-7-5-9-25-21(15)35-36-22-16(8-6-10-26-22)20(30)28-18(24(33)34)12-14(3)4/h5-10,13-14,17-18H,11-12H2,1-4H3,(H,27,29)(H,28,30)(H,31,32)(H,33,34). The highest BCUT2D eigenvalue weighted by Crippen LogP contribution is 2.38. The minimum atomic E-state index is -1.12. The third kappa shape index (κ3) is 8.83. The van der Waals surface area contributed by atoms with E-state index in [1.807, 2.05) is 27.7 Å². The molecule has 0 spiro atoms. The maximum atomic E-state index is 12.8. The zero-order valence-corrected chi connectivity index (χ0v) is 22.1. The fourth-order valence-corrected chi connectivity index (χ4v) is 5.33. The van der Waals surface area contributed by atoms with Gasteiger partial charge in [-0.2, -0.15) is 0 Å². The van der Waals surface area contributed by atoms with Crippen LogP contribution in [0.25, 0.3) is 0 Å². The van der Waals surface area contributed by atoms with E-state index < -0.39 is 35.8 Å². The summed E-state index contributed by atoms with van der Waals surface area (Å²) < 4.78 is 0. The van der Waals surface area contributed by atoms with Crippen LogP contribution in [0.15, 0.2) is 46.7 Å². The number of pyridine rings is 2. The van der Waals surface area contributed by atoms with Gasteiger partial charge in [-0.25, -0.2) is 19.6 Å². The zero-order chi connectivity index (χ0) is 26.8. The Hall–Kier alpha value is -3.12. The molecule has 2 heterocycles. The van der Waals surface area contributed by atoms with Gasteiger partial charge in [0.2, 0.25) is 0 Å². The van der Waals surface area contributed by atoms with Crippen LogP contribution in [0, 0.1) is 11.8 Å². The lowest BCUT2D eigenvalue weighted by atomic mass is 10.0. The van der Waals surface area contributed by atoms with Gasteiger partial charge in [-0.15, -0.1) is 0 Å². The Labute approximate surface area is 217 Å². The van der Waals surface area contributed by atoms with E-state index in [2.05, 4.69) is 20.6 Å². The lowest BCUT2D eigenvalue weighted by Gasteiger charge is -2.18. The summed E-state index contributed by atoms with van der Waals surface area (Å²) >= 11 is 0. The Balaban J connectivity index is 2.19. The normalized spacial score (nSPS) is 12.7. The number of carbonyl (C=O) groups is 4. The molecule has 2 rings (SSSR count). The molecule has 0 radical (unpaired) electrons. The summed E-state index contributed by atoms with van der Waals surface area (Å²) in [5, 5.41) is 24.6. The summed E-state index contributed by atoms with van der Waals surface area (Å²) in [5.41, 5.74) is 0.379. The number of aromatic nitrogens is 2. The van der Waals surface area contributed by atoms with Gasteiger partial charge < -0.3 is 20.8 Å². The molecular formula is C24H30N4O6S2. The Morgan fingerprint density at radius 1 is 0.750 bits per heavy atom. The van der Waals surface area contributed by atoms with Gasteiger partial charge in [0.25, 0.3) is 11.8 Å². The van der Waals surface area contributed by atoms with Gasteiger partial charge >= 0.3 is 11.9 Å². The number of rotatable bonds is 13. The molecule has 4 N–H and O–H groups in total. The number of nitrogens with zero attached hydrogens (tertiary/aromatic N) is 2. The molecule has 0 aliphatic rings. The Bertz CT molecular complexity index is 1010. The zero-order valence-electron chi connectivity index (χ0n) is 20.4. The van der Waals surface area contributed by atoms with Gasteiger partial charge in [0.15, 0.2) is 0 Å². The number of aliphatic carboxylic acids is 2. The van der Waals surface area contributed by atoms with Crippen LogP contribution in [-0.4, -0.2) is 56.0 Å². The number of carbonyl (C=O) groups excluding carboxylic acids is 2. The van der Waals surface area contributed by atoms with Gasteiger partial charge in [-0.05, 0) is 70.5 Å². The van der Waals surface area contributed by atoms with Crippen LogP contribution in [-0.2, 0) is 9.59 Å². The number of nitrogens with one attached hydrogen (secondary N) is 2. The van der Waals surface area contributed by atoms with Crippen molar-refractivity contribution in [2.24, 2.45) is 11.8 Å². The molecule has 36 heavy (non-hydrogen) atoms. The van der Waals surface area contributed by atoms with Crippen LogP contribution in [0.1, 0.15) is 61.3 Å². The molecular weight excluding hydrogens is 504 g/mol. The second-order valence-corrected chi connectivity index (χ2v) is 11.0. The molecule has 0 bridgehead atoms. The lowest BCUT2D eigenvalue weighted by Crippen LogP contribution is -2.41.